The van der Waals surface area contributed by atoms with E-state index in [2.05, 4.69) is 25.1 Å². The third kappa shape index (κ3) is 5.90. The number of hydrogen-bond donors (Lipinski definition) is 0. The Morgan fingerprint density at radius 2 is 1.59 bits per heavy atom. The summed E-state index contributed by atoms with van der Waals surface area (Å²) in [4.78, 5) is 0. The van der Waals surface area contributed by atoms with E-state index in [1.165, 1.54) is 51.4 Å². The molecule has 0 amide bonds. The quantitative estimate of drug-likeness (QED) is 0.352. The van der Waals surface area contributed by atoms with Gasteiger partial charge >= 0.3 is 0 Å². The van der Waals surface area contributed by atoms with E-state index in [0.717, 1.165) is 36.2 Å². The zero-order chi connectivity index (χ0) is 23.9. The van der Waals surface area contributed by atoms with Crippen LogP contribution < -0.4 is 4.74 Å². The number of rotatable bonds is 8. The Morgan fingerprint density at radius 3 is 2.26 bits per heavy atom. The third-order valence-electron chi connectivity index (χ3n) is 8.17. The lowest BCUT2D eigenvalue weighted by atomic mass is 9.68. The van der Waals surface area contributed by atoms with Crippen molar-refractivity contribution in [2.45, 2.75) is 84.0 Å². The van der Waals surface area contributed by atoms with E-state index in [9.17, 15) is 8.78 Å². The summed E-state index contributed by atoms with van der Waals surface area (Å²) in [5.41, 5.74) is 1.15. The second-order valence-electron chi connectivity index (χ2n) is 10.4. The second-order valence-corrected chi connectivity index (χ2v) is 10.4. The fraction of sp³-hybridized carbons (Fsp3) is 0.548. The summed E-state index contributed by atoms with van der Waals surface area (Å²) in [6.07, 6.45) is 21.2. The molecule has 0 heterocycles. The Labute approximate surface area is 204 Å². The van der Waals surface area contributed by atoms with E-state index in [0.29, 0.717) is 16.7 Å². The summed E-state index contributed by atoms with van der Waals surface area (Å²) in [7, 11) is 0. The summed E-state index contributed by atoms with van der Waals surface area (Å²) >= 11 is 0. The van der Waals surface area contributed by atoms with Crippen LogP contribution in [-0.2, 0) is 0 Å². The van der Waals surface area contributed by atoms with Crippen molar-refractivity contribution in [1.29, 1.82) is 0 Å². The molecule has 0 aliphatic heterocycles. The molecular formula is C31H40F2O. The molecule has 0 radical (unpaired) electrons. The van der Waals surface area contributed by atoms with Gasteiger partial charge in [0.1, 0.15) is 6.61 Å². The average Bonchev–Trinajstić information content (AvgIpc) is 2.88. The van der Waals surface area contributed by atoms with Gasteiger partial charge in [-0.2, -0.15) is 4.39 Å². The largest absolute Gasteiger partial charge is 0.486 e. The highest BCUT2D eigenvalue weighted by Gasteiger charge is 2.31. The van der Waals surface area contributed by atoms with Crippen LogP contribution in [0.3, 0.4) is 0 Å². The predicted octanol–water partition coefficient (Wildman–Crippen LogP) is 9.51. The molecular weight excluding hydrogens is 426 g/mol. The smallest absolute Gasteiger partial charge is 0.201 e. The van der Waals surface area contributed by atoms with Gasteiger partial charge < -0.3 is 4.74 Å². The van der Waals surface area contributed by atoms with Gasteiger partial charge in [-0.05, 0) is 111 Å². The monoisotopic (exact) mass is 466 g/mol. The summed E-state index contributed by atoms with van der Waals surface area (Å²) in [6.45, 7) is 4.34. The van der Waals surface area contributed by atoms with E-state index in [1.807, 2.05) is 25.1 Å². The molecule has 0 saturated heterocycles. The zero-order valence-corrected chi connectivity index (χ0v) is 20.9. The highest BCUT2D eigenvalue weighted by atomic mass is 19.2. The van der Waals surface area contributed by atoms with Gasteiger partial charge in [0.15, 0.2) is 11.6 Å². The maximum atomic E-state index is 14.9. The van der Waals surface area contributed by atoms with Crippen LogP contribution in [0.5, 0.6) is 5.75 Å². The Kier molecular flexibility index (Phi) is 8.80. The van der Waals surface area contributed by atoms with Gasteiger partial charge in [-0.1, -0.05) is 49.8 Å². The van der Waals surface area contributed by atoms with E-state index in [1.54, 1.807) is 12.1 Å². The fourth-order valence-corrected chi connectivity index (χ4v) is 6.10. The maximum absolute atomic E-state index is 14.9. The standard InChI is InChI=1S/C31H40F2O/c1-3-5-7-8-22-9-11-23(12-10-22)24-13-15-25(16-14-24)26-17-18-27-21-29(34-19-6-4-2)31(33)30(32)28(27)20-26/h4,6-8,17-18,20-25H,3,5,9-16,19H2,1-2H3/b6-4?,8-7+. The summed E-state index contributed by atoms with van der Waals surface area (Å²) in [5, 5.41) is 1.06. The Balaban J connectivity index is 1.36. The van der Waals surface area contributed by atoms with Crippen molar-refractivity contribution in [3.8, 4) is 5.75 Å². The van der Waals surface area contributed by atoms with Gasteiger partial charge in [-0.25, -0.2) is 4.39 Å². The molecule has 0 N–H and O–H groups in total. The van der Waals surface area contributed by atoms with Crippen LogP contribution in [0.25, 0.3) is 10.8 Å². The molecule has 2 aromatic carbocycles. The average molecular weight is 467 g/mol. The highest BCUT2D eigenvalue weighted by Crippen LogP contribution is 2.44. The van der Waals surface area contributed by atoms with Gasteiger partial charge in [0.25, 0.3) is 0 Å². The van der Waals surface area contributed by atoms with Crippen molar-refractivity contribution in [2.24, 2.45) is 17.8 Å². The van der Waals surface area contributed by atoms with Crippen molar-refractivity contribution in [3.05, 3.63) is 65.8 Å². The molecule has 34 heavy (non-hydrogen) atoms. The topological polar surface area (TPSA) is 9.23 Å². The molecule has 184 valence electrons. The Hall–Kier alpha value is -2.16. The lowest BCUT2D eigenvalue weighted by Crippen LogP contribution is -2.25. The van der Waals surface area contributed by atoms with E-state index in [4.69, 9.17) is 4.74 Å². The third-order valence-corrected chi connectivity index (χ3v) is 8.17. The fourth-order valence-electron chi connectivity index (χ4n) is 6.10. The lowest BCUT2D eigenvalue weighted by Gasteiger charge is -2.37. The first-order valence-electron chi connectivity index (χ1n) is 13.4. The SMILES string of the molecule is CC=CCOc1cc2ccc(C3CCC(C4CCC(/C=C/CCC)CC4)CC3)cc2c(F)c1F. The minimum atomic E-state index is -0.891. The van der Waals surface area contributed by atoms with E-state index < -0.39 is 11.6 Å². The van der Waals surface area contributed by atoms with Crippen LogP contribution in [0, 0.1) is 29.4 Å². The molecule has 2 aliphatic rings. The number of unbranched alkanes of at least 4 members (excludes halogenated alkanes) is 1. The molecule has 0 unspecified atom stereocenters. The molecule has 0 bridgehead atoms. The van der Waals surface area contributed by atoms with Crippen LogP contribution in [0.2, 0.25) is 0 Å². The Bertz CT molecular complexity index is 992. The molecule has 4 rings (SSSR count). The molecule has 1 nitrogen and oxygen atoms in total. The molecule has 0 atom stereocenters. The first-order valence-corrected chi connectivity index (χ1v) is 13.4. The normalized spacial score (nSPS) is 26.0. The van der Waals surface area contributed by atoms with Crippen LogP contribution in [0.1, 0.15) is 89.5 Å². The van der Waals surface area contributed by atoms with Crippen LogP contribution in [0.4, 0.5) is 8.78 Å². The molecule has 2 saturated carbocycles. The first kappa shape index (κ1) is 24.9. The minimum Gasteiger partial charge on any atom is -0.486 e. The van der Waals surface area contributed by atoms with Gasteiger partial charge in [-0.3, -0.25) is 0 Å². The number of fused-ring (bicyclic) bond motifs is 1. The second kappa shape index (κ2) is 12.0. The number of ether oxygens (including phenoxy) is 1. The molecule has 2 fully saturated rings. The van der Waals surface area contributed by atoms with Crippen molar-refractivity contribution < 1.29 is 13.5 Å². The zero-order valence-electron chi connectivity index (χ0n) is 20.9. The first-order chi connectivity index (χ1) is 16.6. The molecule has 0 aromatic heterocycles. The van der Waals surface area contributed by atoms with Crippen molar-refractivity contribution in [1.82, 2.24) is 0 Å². The molecule has 2 aliphatic carbocycles. The number of benzene rings is 2. The van der Waals surface area contributed by atoms with Gasteiger partial charge in [-0.15, -0.1) is 0 Å². The summed E-state index contributed by atoms with van der Waals surface area (Å²) < 4.78 is 34.9. The number of hydrogen-bond acceptors (Lipinski definition) is 1. The highest BCUT2D eigenvalue weighted by molar-refractivity contribution is 5.85. The maximum Gasteiger partial charge on any atom is 0.201 e. The van der Waals surface area contributed by atoms with Crippen LogP contribution in [-0.4, -0.2) is 6.61 Å². The van der Waals surface area contributed by atoms with Gasteiger partial charge in [0.05, 0.1) is 0 Å². The summed E-state index contributed by atoms with van der Waals surface area (Å²) in [6, 6.07) is 7.53. The minimum absolute atomic E-state index is 0.0214. The van der Waals surface area contributed by atoms with E-state index >= 15 is 0 Å². The van der Waals surface area contributed by atoms with E-state index in [-0.39, 0.29) is 12.4 Å². The lowest BCUT2D eigenvalue weighted by molar-refractivity contribution is 0.171. The Morgan fingerprint density at radius 1 is 0.882 bits per heavy atom. The molecule has 3 heteroatoms. The van der Waals surface area contributed by atoms with Crippen molar-refractivity contribution in [3.63, 3.8) is 0 Å². The predicted molar refractivity (Wildman–Crippen MR) is 138 cm³/mol. The van der Waals surface area contributed by atoms with Gasteiger partial charge in [0, 0.05) is 5.39 Å². The van der Waals surface area contributed by atoms with Crippen LogP contribution >= 0.6 is 0 Å². The summed E-state index contributed by atoms with van der Waals surface area (Å²) in [5.74, 6) is 1.24. The van der Waals surface area contributed by atoms with Crippen molar-refractivity contribution in [2.75, 3.05) is 6.61 Å². The molecule has 0 spiro atoms. The number of halogens is 2. The van der Waals surface area contributed by atoms with Gasteiger partial charge in [0.2, 0.25) is 5.82 Å². The van der Waals surface area contributed by atoms with Crippen molar-refractivity contribution >= 4 is 10.8 Å². The molecule has 2 aromatic rings. The van der Waals surface area contributed by atoms with Crippen LogP contribution in [0.15, 0.2) is 48.6 Å². The number of allylic oxidation sites excluding steroid dienone is 3.